The van der Waals surface area contributed by atoms with E-state index in [1.54, 1.807) is 0 Å². The zero-order chi connectivity index (χ0) is 13.7. The lowest BCUT2D eigenvalue weighted by molar-refractivity contribution is 0.0950. The van der Waals surface area contributed by atoms with Crippen molar-refractivity contribution in [2.24, 2.45) is 0 Å². The predicted octanol–water partition coefficient (Wildman–Crippen LogP) is 2.65. The van der Waals surface area contributed by atoms with Gasteiger partial charge in [-0.1, -0.05) is 28.1 Å². The third-order valence-electron chi connectivity index (χ3n) is 2.47. The SMILES string of the molecule is N#Cc1cncc(C(=O)NCc2cccc(Br)c2)c1. The molecule has 0 radical (unpaired) electrons. The molecule has 0 unspecified atom stereocenters. The van der Waals surface area contributed by atoms with Gasteiger partial charge in [-0.3, -0.25) is 9.78 Å². The molecular formula is C14H10BrN3O. The summed E-state index contributed by atoms with van der Waals surface area (Å²) in [6.07, 6.45) is 2.86. The predicted molar refractivity (Wildman–Crippen MR) is 74.3 cm³/mol. The first-order valence-corrected chi connectivity index (χ1v) is 6.36. The fourth-order valence-corrected chi connectivity index (χ4v) is 2.00. The van der Waals surface area contributed by atoms with Crippen LogP contribution in [0.25, 0.3) is 0 Å². The van der Waals surface area contributed by atoms with Gasteiger partial charge in [-0.15, -0.1) is 0 Å². The van der Waals surface area contributed by atoms with E-state index in [1.165, 1.54) is 18.5 Å². The molecule has 1 heterocycles. The second-order valence-electron chi connectivity index (χ2n) is 3.89. The zero-order valence-electron chi connectivity index (χ0n) is 9.93. The maximum absolute atomic E-state index is 11.9. The molecule has 2 rings (SSSR count). The largest absolute Gasteiger partial charge is 0.348 e. The van der Waals surface area contributed by atoms with Crippen LogP contribution in [-0.4, -0.2) is 10.9 Å². The molecule has 19 heavy (non-hydrogen) atoms. The van der Waals surface area contributed by atoms with Crippen molar-refractivity contribution in [3.8, 4) is 6.07 Å². The molecule has 5 heteroatoms. The molecule has 0 aliphatic heterocycles. The van der Waals surface area contributed by atoms with Gasteiger partial charge in [-0.2, -0.15) is 5.26 Å². The fraction of sp³-hybridized carbons (Fsp3) is 0.0714. The summed E-state index contributed by atoms with van der Waals surface area (Å²) in [5.41, 5.74) is 1.75. The average molecular weight is 316 g/mol. The number of halogens is 1. The van der Waals surface area contributed by atoms with Gasteiger partial charge >= 0.3 is 0 Å². The van der Waals surface area contributed by atoms with E-state index in [-0.39, 0.29) is 5.91 Å². The van der Waals surface area contributed by atoms with Gasteiger partial charge in [0.25, 0.3) is 5.91 Å². The van der Waals surface area contributed by atoms with E-state index in [4.69, 9.17) is 5.26 Å². The van der Waals surface area contributed by atoms with E-state index in [0.717, 1.165) is 10.0 Å². The highest BCUT2D eigenvalue weighted by Crippen LogP contribution is 2.11. The van der Waals surface area contributed by atoms with E-state index in [0.29, 0.717) is 17.7 Å². The van der Waals surface area contributed by atoms with Gasteiger partial charge in [0.15, 0.2) is 0 Å². The van der Waals surface area contributed by atoms with Crippen LogP contribution >= 0.6 is 15.9 Å². The highest BCUT2D eigenvalue weighted by molar-refractivity contribution is 9.10. The Kier molecular flexibility index (Phi) is 4.26. The molecule has 0 atom stereocenters. The van der Waals surface area contributed by atoms with Crippen molar-refractivity contribution in [1.82, 2.24) is 10.3 Å². The summed E-state index contributed by atoms with van der Waals surface area (Å²) in [7, 11) is 0. The lowest BCUT2D eigenvalue weighted by Gasteiger charge is -2.05. The summed E-state index contributed by atoms with van der Waals surface area (Å²) in [6, 6.07) is 11.2. The van der Waals surface area contributed by atoms with Crippen molar-refractivity contribution in [2.45, 2.75) is 6.54 Å². The van der Waals surface area contributed by atoms with Crippen molar-refractivity contribution in [3.05, 3.63) is 63.9 Å². The molecule has 1 amide bonds. The van der Waals surface area contributed by atoms with Gasteiger partial charge in [-0.05, 0) is 23.8 Å². The fourth-order valence-electron chi connectivity index (χ4n) is 1.56. The second-order valence-corrected chi connectivity index (χ2v) is 4.80. The number of aromatic nitrogens is 1. The van der Waals surface area contributed by atoms with Gasteiger partial charge in [0.1, 0.15) is 6.07 Å². The Morgan fingerprint density at radius 1 is 1.37 bits per heavy atom. The molecule has 0 aliphatic carbocycles. The Balaban J connectivity index is 2.03. The number of pyridine rings is 1. The maximum atomic E-state index is 11.9. The van der Waals surface area contributed by atoms with Crippen LogP contribution in [0.3, 0.4) is 0 Å². The topological polar surface area (TPSA) is 65.8 Å². The maximum Gasteiger partial charge on any atom is 0.253 e. The normalized spacial score (nSPS) is 9.68. The summed E-state index contributed by atoms with van der Waals surface area (Å²) in [4.78, 5) is 15.8. The Hall–Kier alpha value is -2.19. The highest BCUT2D eigenvalue weighted by atomic mass is 79.9. The Morgan fingerprint density at radius 2 is 2.21 bits per heavy atom. The molecule has 0 bridgehead atoms. The van der Waals surface area contributed by atoms with Crippen molar-refractivity contribution >= 4 is 21.8 Å². The smallest absolute Gasteiger partial charge is 0.253 e. The molecule has 0 saturated heterocycles. The van der Waals surface area contributed by atoms with Crippen LogP contribution in [0.2, 0.25) is 0 Å². The second kappa shape index (κ2) is 6.12. The van der Waals surface area contributed by atoms with Gasteiger partial charge < -0.3 is 5.32 Å². The van der Waals surface area contributed by atoms with Crippen LogP contribution < -0.4 is 5.32 Å². The number of rotatable bonds is 3. The zero-order valence-corrected chi connectivity index (χ0v) is 11.5. The first-order valence-electron chi connectivity index (χ1n) is 5.57. The summed E-state index contributed by atoms with van der Waals surface area (Å²) >= 11 is 3.37. The van der Waals surface area contributed by atoms with Gasteiger partial charge in [0.05, 0.1) is 11.1 Å². The number of nitrogens with zero attached hydrogens (tertiary/aromatic N) is 2. The number of hydrogen-bond acceptors (Lipinski definition) is 3. The van der Waals surface area contributed by atoms with Crippen molar-refractivity contribution < 1.29 is 4.79 Å². The number of hydrogen-bond donors (Lipinski definition) is 1. The molecular weight excluding hydrogens is 306 g/mol. The van der Waals surface area contributed by atoms with Crippen LogP contribution in [0.5, 0.6) is 0 Å². The Morgan fingerprint density at radius 3 is 2.95 bits per heavy atom. The molecule has 2 aromatic rings. The van der Waals surface area contributed by atoms with Crippen LogP contribution in [0.4, 0.5) is 0 Å². The molecule has 94 valence electrons. The van der Waals surface area contributed by atoms with E-state index in [1.807, 2.05) is 30.3 Å². The molecule has 1 aromatic carbocycles. The lowest BCUT2D eigenvalue weighted by Crippen LogP contribution is -2.23. The average Bonchev–Trinajstić information content (AvgIpc) is 2.45. The van der Waals surface area contributed by atoms with Crippen LogP contribution in [0, 0.1) is 11.3 Å². The minimum atomic E-state index is -0.246. The van der Waals surface area contributed by atoms with Crippen molar-refractivity contribution in [2.75, 3.05) is 0 Å². The first kappa shape index (κ1) is 13.2. The summed E-state index contributed by atoms with van der Waals surface area (Å²) < 4.78 is 0.965. The van der Waals surface area contributed by atoms with Gasteiger partial charge in [-0.25, -0.2) is 0 Å². The van der Waals surface area contributed by atoms with E-state index in [2.05, 4.69) is 26.2 Å². The number of amides is 1. The minimum absolute atomic E-state index is 0.246. The van der Waals surface area contributed by atoms with Gasteiger partial charge in [0.2, 0.25) is 0 Å². The Bertz CT molecular complexity index is 649. The monoisotopic (exact) mass is 315 g/mol. The third-order valence-corrected chi connectivity index (χ3v) is 2.96. The Labute approximate surface area is 119 Å². The van der Waals surface area contributed by atoms with E-state index < -0.39 is 0 Å². The molecule has 1 aromatic heterocycles. The number of nitriles is 1. The van der Waals surface area contributed by atoms with Gasteiger partial charge in [0, 0.05) is 23.4 Å². The molecule has 0 fully saturated rings. The van der Waals surface area contributed by atoms with E-state index in [9.17, 15) is 4.79 Å². The van der Waals surface area contributed by atoms with E-state index >= 15 is 0 Å². The summed E-state index contributed by atoms with van der Waals surface area (Å²) in [6.45, 7) is 0.426. The lowest BCUT2D eigenvalue weighted by atomic mass is 10.2. The molecule has 1 N–H and O–H groups in total. The van der Waals surface area contributed by atoms with Crippen LogP contribution in [-0.2, 0) is 6.54 Å². The molecule has 0 aliphatic rings. The van der Waals surface area contributed by atoms with Crippen LogP contribution in [0.15, 0.2) is 47.2 Å². The number of nitrogens with one attached hydrogen (secondary N) is 1. The van der Waals surface area contributed by atoms with Crippen molar-refractivity contribution in [3.63, 3.8) is 0 Å². The number of carbonyl (C=O) groups is 1. The standard InChI is InChI=1S/C14H10BrN3O/c15-13-3-1-2-10(5-13)8-18-14(19)12-4-11(6-16)7-17-9-12/h1-5,7,9H,8H2,(H,18,19). The third kappa shape index (κ3) is 3.63. The summed E-state index contributed by atoms with van der Waals surface area (Å²) in [5, 5.41) is 11.5. The van der Waals surface area contributed by atoms with Crippen LogP contribution in [0.1, 0.15) is 21.5 Å². The quantitative estimate of drug-likeness (QED) is 0.946. The molecule has 0 spiro atoms. The van der Waals surface area contributed by atoms with Crippen molar-refractivity contribution in [1.29, 1.82) is 5.26 Å². The molecule has 4 nitrogen and oxygen atoms in total. The highest BCUT2D eigenvalue weighted by Gasteiger charge is 2.06. The summed E-state index contributed by atoms with van der Waals surface area (Å²) in [5.74, 6) is -0.246. The first-order chi connectivity index (χ1) is 9.19. The number of carbonyl (C=O) groups excluding carboxylic acids is 1. The minimum Gasteiger partial charge on any atom is -0.348 e. The number of benzene rings is 1. The molecule has 0 saturated carbocycles.